The summed E-state index contributed by atoms with van der Waals surface area (Å²) in [6.45, 7) is 2.97. The number of nitrogens with zero attached hydrogens (tertiary/aromatic N) is 4. The number of anilines is 1. The molecule has 168 valence electrons. The third-order valence-electron chi connectivity index (χ3n) is 5.22. The van der Waals surface area contributed by atoms with E-state index in [2.05, 4.69) is 20.3 Å². The number of carbonyl (C=O) groups is 2. The molecule has 0 spiro atoms. The highest BCUT2D eigenvalue weighted by atomic mass is 16.2. The van der Waals surface area contributed by atoms with Crippen molar-refractivity contribution in [1.29, 1.82) is 0 Å². The molecule has 4 aromatic rings. The van der Waals surface area contributed by atoms with Gasteiger partial charge in [0.05, 0.1) is 23.8 Å². The summed E-state index contributed by atoms with van der Waals surface area (Å²) < 4.78 is 1.82. The maximum atomic E-state index is 13.1. The zero-order valence-corrected chi connectivity index (χ0v) is 18.2. The predicted octanol–water partition coefficient (Wildman–Crippen LogP) is 2.81. The lowest BCUT2D eigenvalue weighted by atomic mass is 10.1. The van der Waals surface area contributed by atoms with Crippen molar-refractivity contribution in [2.45, 2.75) is 26.4 Å². The maximum Gasteiger partial charge on any atom is 0.258 e. The van der Waals surface area contributed by atoms with E-state index in [9.17, 15) is 14.4 Å². The van der Waals surface area contributed by atoms with Crippen molar-refractivity contribution in [1.82, 2.24) is 24.4 Å². The first-order chi connectivity index (χ1) is 16.0. The Morgan fingerprint density at radius 2 is 2.00 bits per heavy atom. The van der Waals surface area contributed by atoms with Gasteiger partial charge in [-0.1, -0.05) is 18.2 Å². The highest BCUT2D eigenvalue weighted by Gasteiger charge is 2.17. The molecule has 0 fully saturated rings. The number of para-hydroxylation sites is 1. The molecule has 0 aliphatic rings. The number of imidazole rings is 1. The molecule has 2 aromatic carbocycles. The van der Waals surface area contributed by atoms with Crippen molar-refractivity contribution in [3.8, 4) is 0 Å². The third kappa shape index (κ3) is 5.32. The van der Waals surface area contributed by atoms with Gasteiger partial charge in [-0.25, -0.2) is 9.97 Å². The zero-order valence-electron chi connectivity index (χ0n) is 18.2. The van der Waals surface area contributed by atoms with Gasteiger partial charge in [0.15, 0.2) is 0 Å². The summed E-state index contributed by atoms with van der Waals surface area (Å²) in [6, 6.07) is 13.9. The summed E-state index contributed by atoms with van der Waals surface area (Å²) in [5.41, 5.74) is 1.33. The van der Waals surface area contributed by atoms with Gasteiger partial charge in [-0.2, -0.15) is 0 Å². The molecule has 0 aliphatic heterocycles. The summed E-state index contributed by atoms with van der Waals surface area (Å²) in [6.07, 6.45) is 5.40. The Kier molecular flexibility index (Phi) is 6.58. The van der Waals surface area contributed by atoms with Crippen molar-refractivity contribution in [2.24, 2.45) is 0 Å². The van der Waals surface area contributed by atoms with E-state index in [1.165, 1.54) is 0 Å². The summed E-state index contributed by atoms with van der Waals surface area (Å²) in [4.78, 5) is 50.5. The second-order valence-electron chi connectivity index (χ2n) is 7.53. The molecule has 0 unspecified atom stereocenters. The van der Waals surface area contributed by atoms with Gasteiger partial charge in [0, 0.05) is 43.2 Å². The number of aromatic nitrogens is 4. The van der Waals surface area contributed by atoms with E-state index in [-0.39, 0.29) is 30.3 Å². The number of aromatic amines is 1. The van der Waals surface area contributed by atoms with Crippen LogP contribution < -0.4 is 10.9 Å². The molecule has 0 bridgehead atoms. The molecule has 0 saturated heterocycles. The number of hydrogen-bond acceptors (Lipinski definition) is 5. The average Bonchev–Trinajstić information content (AvgIpc) is 3.35. The molecule has 2 amide bonds. The highest BCUT2D eigenvalue weighted by molar-refractivity contribution is 5.97. The largest absolute Gasteiger partial charge is 0.337 e. The smallest absolute Gasteiger partial charge is 0.258 e. The van der Waals surface area contributed by atoms with Crippen LogP contribution >= 0.6 is 0 Å². The Bertz CT molecular complexity index is 1330. The van der Waals surface area contributed by atoms with Gasteiger partial charge in [-0.05, 0) is 37.3 Å². The van der Waals surface area contributed by atoms with Gasteiger partial charge in [0.1, 0.15) is 5.82 Å². The summed E-state index contributed by atoms with van der Waals surface area (Å²) in [5.74, 6) is 0.0410. The van der Waals surface area contributed by atoms with E-state index in [0.717, 1.165) is 0 Å². The van der Waals surface area contributed by atoms with Gasteiger partial charge >= 0.3 is 0 Å². The van der Waals surface area contributed by atoms with Gasteiger partial charge in [-0.15, -0.1) is 0 Å². The summed E-state index contributed by atoms with van der Waals surface area (Å²) >= 11 is 0. The lowest BCUT2D eigenvalue weighted by Gasteiger charge is -2.21. The molecule has 2 heterocycles. The summed E-state index contributed by atoms with van der Waals surface area (Å²) in [7, 11) is 0. The Morgan fingerprint density at radius 1 is 1.15 bits per heavy atom. The number of carbonyl (C=O) groups excluding carboxylic acids is 2. The molecule has 4 rings (SSSR count). The number of aryl methyl sites for hydroxylation is 1. The van der Waals surface area contributed by atoms with Crippen LogP contribution in [0, 0.1) is 0 Å². The SMILES string of the molecule is CCN(Cc1nc2ccccc2c(=O)[nH]1)C(=O)c1cccc(NC(=O)CCn2ccnc2)c1. The quantitative estimate of drug-likeness (QED) is 0.434. The Labute approximate surface area is 190 Å². The van der Waals surface area contributed by atoms with Crippen molar-refractivity contribution in [3.05, 3.63) is 89.0 Å². The monoisotopic (exact) mass is 444 g/mol. The maximum absolute atomic E-state index is 13.1. The predicted molar refractivity (Wildman–Crippen MR) is 125 cm³/mol. The fraction of sp³-hybridized carbons (Fsp3) is 0.208. The minimum absolute atomic E-state index is 0.154. The lowest BCUT2D eigenvalue weighted by Crippen LogP contribution is -2.32. The Morgan fingerprint density at radius 3 is 2.79 bits per heavy atom. The van der Waals surface area contributed by atoms with Crippen LogP contribution in [0.2, 0.25) is 0 Å². The van der Waals surface area contributed by atoms with Gasteiger partial charge in [-0.3, -0.25) is 14.4 Å². The van der Waals surface area contributed by atoms with Gasteiger partial charge < -0.3 is 19.8 Å². The van der Waals surface area contributed by atoms with Crippen LogP contribution in [0.25, 0.3) is 10.9 Å². The highest BCUT2D eigenvalue weighted by Crippen LogP contribution is 2.15. The Balaban J connectivity index is 1.45. The molecular formula is C24H24N6O3. The molecule has 0 radical (unpaired) electrons. The van der Waals surface area contributed by atoms with Gasteiger partial charge in [0.25, 0.3) is 11.5 Å². The van der Waals surface area contributed by atoms with Crippen molar-refractivity contribution in [2.75, 3.05) is 11.9 Å². The lowest BCUT2D eigenvalue weighted by molar-refractivity contribution is -0.116. The standard InChI is InChI=1S/C24H24N6O3/c1-2-30(15-21-27-20-9-4-3-8-19(20)23(32)28-21)24(33)17-6-5-7-18(14-17)26-22(31)10-12-29-13-11-25-16-29/h3-9,11,13-14,16H,2,10,12,15H2,1H3,(H,26,31)(H,27,28,32). The number of fused-ring (bicyclic) bond motifs is 1. The molecule has 9 nitrogen and oxygen atoms in total. The molecule has 33 heavy (non-hydrogen) atoms. The normalized spacial score (nSPS) is 10.8. The number of rotatable bonds is 8. The first-order valence-electron chi connectivity index (χ1n) is 10.7. The van der Waals surface area contributed by atoms with Crippen LogP contribution in [0.1, 0.15) is 29.5 Å². The third-order valence-corrected chi connectivity index (χ3v) is 5.22. The molecule has 2 aromatic heterocycles. The first-order valence-corrected chi connectivity index (χ1v) is 10.7. The molecule has 0 saturated carbocycles. The van der Waals surface area contributed by atoms with Crippen LogP contribution in [0.3, 0.4) is 0 Å². The average molecular weight is 444 g/mol. The van der Waals surface area contributed by atoms with E-state index in [4.69, 9.17) is 0 Å². The van der Waals surface area contributed by atoms with Crippen LogP contribution in [-0.4, -0.2) is 42.8 Å². The molecule has 0 atom stereocenters. The molecule has 9 heteroatoms. The van der Waals surface area contributed by atoms with E-state index < -0.39 is 0 Å². The Hall–Kier alpha value is -4.27. The second kappa shape index (κ2) is 9.90. The number of hydrogen-bond donors (Lipinski definition) is 2. The molecule has 2 N–H and O–H groups in total. The number of H-pyrrole nitrogens is 1. The molecular weight excluding hydrogens is 420 g/mol. The minimum atomic E-state index is -0.237. The van der Waals surface area contributed by atoms with Crippen LogP contribution in [0.15, 0.2) is 72.0 Å². The second-order valence-corrected chi connectivity index (χ2v) is 7.53. The van der Waals surface area contributed by atoms with E-state index in [0.29, 0.717) is 41.1 Å². The minimum Gasteiger partial charge on any atom is -0.337 e. The van der Waals surface area contributed by atoms with Crippen molar-refractivity contribution in [3.63, 3.8) is 0 Å². The van der Waals surface area contributed by atoms with E-state index >= 15 is 0 Å². The topological polar surface area (TPSA) is 113 Å². The van der Waals surface area contributed by atoms with Crippen LogP contribution in [0.4, 0.5) is 5.69 Å². The van der Waals surface area contributed by atoms with Gasteiger partial charge in [0.2, 0.25) is 5.91 Å². The van der Waals surface area contributed by atoms with Crippen molar-refractivity contribution >= 4 is 28.4 Å². The van der Waals surface area contributed by atoms with E-state index in [1.807, 2.05) is 17.6 Å². The molecule has 0 aliphatic carbocycles. The number of benzene rings is 2. The van der Waals surface area contributed by atoms with Crippen molar-refractivity contribution < 1.29 is 9.59 Å². The zero-order chi connectivity index (χ0) is 23.2. The van der Waals surface area contributed by atoms with E-state index in [1.54, 1.807) is 66.1 Å². The fourth-order valence-electron chi connectivity index (χ4n) is 3.50. The van der Waals surface area contributed by atoms with Crippen LogP contribution in [-0.2, 0) is 17.9 Å². The number of amides is 2. The first kappa shape index (κ1) is 21.9. The van der Waals surface area contributed by atoms with Crippen LogP contribution in [0.5, 0.6) is 0 Å². The fourth-order valence-corrected chi connectivity index (χ4v) is 3.50. The summed E-state index contributed by atoms with van der Waals surface area (Å²) in [5, 5.41) is 3.34. The number of nitrogens with one attached hydrogen (secondary N) is 2.